The zero-order chi connectivity index (χ0) is 21.8. The first-order valence-corrected chi connectivity index (χ1v) is 10.7. The summed E-state index contributed by atoms with van der Waals surface area (Å²) >= 11 is 0.903. The molecule has 1 aromatic heterocycles. The lowest BCUT2D eigenvalue weighted by molar-refractivity contribution is -0.146. The Kier molecular flexibility index (Phi) is 6.72. The molecule has 1 saturated heterocycles. The maximum atomic E-state index is 12.5. The molecule has 1 aliphatic carbocycles. The number of esters is 2. The second-order valence-corrected chi connectivity index (χ2v) is 8.27. The van der Waals surface area contributed by atoms with Crippen LogP contribution in [0.1, 0.15) is 59.8 Å². The lowest BCUT2D eigenvalue weighted by atomic mass is 9.81. The zero-order valence-electron chi connectivity index (χ0n) is 16.6. The van der Waals surface area contributed by atoms with Crippen molar-refractivity contribution in [1.82, 2.24) is 4.90 Å². The van der Waals surface area contributed by atoms with E-state index in [0.29, 0.717) is 12.8 Å². The lowest BCUT2D eigenvalue weighted by Crippen LogP contribution is -2.33. The number of rotatable bonds is 7. The van der Waals surface area contributed by atoms with Crippen molar-refractivity contribution in [3.05, 3.63) is 16.0 Å². The average molecular weight is 433 g/mol. The molecular weight excluding hydrogens is 410 g/mol. The highest BCUT2D eigenvalue weighted by atomic mass is 32.1. The number of imide groups is 1. The van der Waals surface area contributed by atoms with Gasteiger partial charge >= 0.3 is 11.9 Å². The number of hydrogen-bond acceptors (Lipinski definition) is 9. The Hall–Kier alpha value is -2.93. The zero-order valence-corrected chi connectivity index (χ0v) is 17.5. The van der Waals surface area contributed by atoms with Gasteiger partial charge in [0, 0.05) is 12.1 Å². The van der Waals surface area contributed by atoms with E-state index in [1.54, 1.807) is 6.92 Å². The minimum Gasteiger partial charge on any atom is -0.462 e. The predicted molar refractivity (Wildman–Crippen MR) is 106 cm³/mol. The van der Waals surface area contributed by atoms with Crippen LogP contribution in [0.5, 0.6) is 0 Å². The molecule has 30 heavy (non-hydrogen) atoms. The van der Waals surface area contributed by atoms with Crippen molar-refractivity contribution in [3.8, 4) is 6.07 Å². The van der Waals surface area contributed by atoms with Gasteiger partial charge in [-0.1, -0.05) is 12.8 Å². The molecule has 1 saturated carbocycles. The Morgan fingerprint density at radius 1 is 1.20 bits per heavy atom. The van der Waals surface area contributed by atoms with Gasteiger partial charge < -0.3 is 15.2 Å². The largest absolute Gasteiger partial charge is 0.462 e. The van der Waals surface area contributed by atoms with Crippen LogP contribution in [0.25, 0.3) is 0 Å². The van der Waals surface area contributed by atoms with Crippen LogP contribution in [-0.2, 0) is 30.5 Å². The molecule has 2 fully saturated rings. The Balaban J connectivity index is 1.60. The normalized spacial score (nSPS) is 20.6. The van der Waals surface area contributed by atoms with Crippen LogP contribution in [0.3, 0.4) is 0 Å². The number of likely N-dealkylation sites (tertiary alicyclic amines) is 1. The summed E-state index contributed by atoms with van der Waals surface area (Å²) in [6, 6.07) is 1.91. The van der Waals surface area contributed by atoms with E-state index in [2.05, 4.69) is 0 Å². The predicted octanol–water partition coefficient (Wildman–Crippen LogP) is 1.99. The first kappa shape index (κ1) is 21.8. The Morgan fingerprint density at radius 2 is 1.83 bits per heavy atom. The molecule has 9 nitrogen and oxygen atoms in total. The summed E-state index contributed by atoms with van der Waals surface area (Å²) in [7, 11) is 0. The van der Waals surface area contributed by atoms with Crippen molar-refractivity contribution in [2.24, 2.45) is 11.8 Å². The first-order chi connectivity index (χ1) is 14.4. The molecule has 2 aliphatic rings. The van der Waals surface area contributed by atoms with E-state index in [-0.39, 0.29) is 70.8 Å². The third-order valence-corrected chi connectivity index (χ3v) is 6.50. The molecule has 3 rings (SSSR count). The number of anilines is 1. The summed E-state index contributed by atoms with van der Waals surface area (Å²) in [5.41, 5.74) is 6.06. The van der Waals surface area contributed by atoms with E-state index in [1.807, 2.05) is 6.07 Å². The van der Waals surface area contributed by atoms with Crippen LogP contribution in [0.15, 0.2) is 0 Å². The number of nitrogens with zero attached hydrogens (tertiary/aromatic N) is 2. The van der Waals surface area contributed by atoms with Crippen molar-refractivity contribution < 1.29 is 28.7 Å². The first-order valence-electron chi connectivity index (χ1n) is 9.88. The van der Waals surface area contributed by atoms with Gasteiger partial charge in [0.05, 0.1) is 30.4 Å². The number of nitrogens with two attached hydrogens (primary N) is 1. The Bertz CT molecular complexity index is 894. The topological polar surface area (TPSA) is 140 Å². The Morgan fingerprint density at radius 3 is 2.40 bits per heavy atom. The monoisotopic (exact) mass is 433 g/mol. The van der Waals surface area contributed by atoms with Gasteiger partial charge in [0.1, 0.15) is 22.6 Å². The third-order valence-electron chi connectivity index (χ3n) is 5.46. The van der Waals surface area contributed by atoms with E-state index in [0.717, 1.165) is 29.1 Å². The van der Waals surface area contributed by atoms with Crippen LogP contribution in [0.4, 0.5) is 5.00 Å². The number of carbonyl (C=O) groups excluding carboxylic acids is 4. The molecule has 0 radical (unpaired) electrons. The number of carbonyl (C=O) groups is 4. The fourth-order valence-corrected chi connectivity index (χ4v) is 4.90. The number of amides is 2. The minimum atomic E-state index is -0.644. The Labute approximate surface area is 177 Å². The molecule has 160 valence electrons. The van der Waals surface area contributed by atoms with Crippen LogP contribution in [-0.4, -0.2) is 41.8 Å². The quantitative estimate of drug-likeness (QED) is 0.508. The second kappa shape index (κ2) is 9.26. The molecule has 0 unspecified atom stereocenters. The van der Waals surface area contributed by atoms with Crippen LogP contribution in [0, 0.1) is 23.2 Å². The van der Waals surface area contributed by atoms with Crippen molar-refractivity contribution in [3.63, 3.8) is 0 Å². The summed E-state index contributed by atoms with van der Waals surface area (Å²) in [6.07, 6.45) is 3.13. The van der Waals surface area contributed by atoms with Crippen molar-refractivity contribution in [2.45, 2.75) is 45.6 Å². The van der Waals surface area contributed by atoms with Gasteiger partial charge in [0.25, 0.3) is 0 Å². The second-order valence-electron chi connectivity index (χ2n) is 7.22. The minimum absolute atomic E-state index is 0.0366. The molecule has 1 aliphatic heterocycles. The van der Waals surface area contributed by atoms with Gasteiger partial charge in [-0.05, 0) is 19.8 Å². The number of hydrogen-bond donors (Lipinski definition) is 1. The summed E-state index contributed by atoms with van der Waals surface area (Å²) in [5.74, 6) is -2.23. The van der Waals surface area contributed by atoms with Crippen LogP contribution in [0.2, 0.25) is 0 Å². The molecule has 0 spiro atoms. The number of nitriles is 1. The SMILES string of the molecule is CCOC(=O)c1sc(N)c(C#N)c1COC(=O)CCN1C(=O)[C@@H]2CCCC[C@H]2C1=O. The fraction of sp³-hybridized carbons (Fsp3) is 0.550. The molecule has 0 aromatic carbocycles. The standard InChI is InChI=1S/C20H23N3O6S/c1-2-28-20(27)16-14(13(9-21)17(22)30-16)10-29-15(24)7-8-23-18(25)11-5-3-4-6-12(11)19(23)26/h11-12H,2-8,10,22H2,1H3/t11-,12-/m1/s1. The van der Waals surface area contributed by atoms with Crippen LogP contribution < -0.4 is 5.73 Å². The number of thiophene rings is 1. The summed E-state index contributed by atoms with van der Waals surface area (Å²) in [6.45, 7) is 1.44. The van der Waals surface area contributed by atoms with Gasteiger partial charge in [-0.25, -0.2) is 4.79 Å². The molecule has 2 N–H and O–H groups in total. The van der Waals surface area contributed by atoms with E-state index < -0.39 is 11.9 Å². The number of nitrogen functional groups attached to an aromatic ring is 1. The number of ether oxygens (including phenoxy) is 2. The van der Waals surface area contributed by atoms with Crippen molar-refractivity contribution in [1.29, 1.82) is 5.26 Å². The summed E-state index contributed by atoms with van der Waals surface area (Å²) < 4.78 is 10.2. The van der Waals surface area contributed by atoms with E-state index in [1.165, 1.54) is 0 Å². The third kappa shape index (κ3) is 4.16. The van der Waals surface area contributed by atoms with Gasteiger partial charge in [0.2, 0.25) is 11.8 Å². The lowest BCUT2D eigenvalue weighted by Gasteiger charge is -2.19. The van der Waals surface area contributed by atoms with Gasteiger partial charge in [0.15, 0.2) is 0 Å². The number of fused-ring (bicyclic) bond motifs is 1. The molecule has 2 atom stereocenters. The van der Waals surface area contributed by atoms with E-state index in [9.17, 15) is 24.4 Å². The highest BCUT2D eigenvalue weighted by molar-refractivity contribution is 7.18. The summed E-state index contributed by atoms with van der Waals surface area (Å²) in [5, 5.41) is 9.44. The average Bonchev–Trinajstić information content (AvgIpc) is 3.19. The van der Waals surface area contributed by atoms with E-state index >= 15 is 0 Å². The fourth-order valence-electron chi connectivity index (χ4n) is 3.99. The maximum Gasteiger partial charge on any atom is 0.348 e. The highest BCUT2D eigenvalue weighted by Crippen LogP contribution is 2.38. The smallest absolute Gasteiger partial charge is 0.348 e. The highest BCUT2D eigenvalue weighted by Gasteiger charge is 2.47. The van der Waals surface area contributed by atoms with Crippen LogP contribution >= 0.6 is 11.3 Å². The molecular formula is C20H23N3O6S. The summed E-state index contributed by atoms with van der Waals surface area (Å²) in [4.78, 5) is 50.5. The molecule has 1 aromatic rings. The molecule has 0 bridgehead atoms. The van der Waals surface area contributed by atoms with Gasteiger partial charge in [-0.15, -0.1) is 11.3 Å². The van der Waals surface area contributed by atoms with Crippen molar-refractivity contribution in [2.75, 3.05) is 18.9 Å². The van der Waals surface area contributed by atoms with Gasteiger partial charge in [-0.2, -0.15) is 5.26 Å². The molecule has 10 heteroatoms. The molecule has 2 amide bonds. The molecule has 2 heterocycles. The van der Waals surface area contributed by atoms with Gasteiger partial charge in [-0.3, -0.25) is 19.3 Å². The van der Waals surface area contributed by atoms with E-state index in [4.69, 9.17) is 15.2 Å². The maximum absolute atomic E-state index is 12.5. The van der Waals surface area contributed by atoms with Crippen molar-refractivity contribution >= 4 is 40.1 Å².